The van der Waals surface area contributed by atoms with Crippen LogP contribution in [0.4, 0.5) is 11.4 Å². The number of fused-ring (bicyclic) bond motifs is 16. The summed E-state index contributed by atoms with van der Waals surface area (Å²) in [7, 11) is 0. The number of ether oxygens (including phenoxy) is 1. The molecule has 0 fully saturated rings. The van der Waals surface area contributed by atoms with Gasteiger partial charge in [-0.25, -0.2) is 0 Å². The van der Waals surface area contributed by atoms with E-state index >= 15 is 0 Å². The highest BCUT2D eigenvalue weighted by atomic mass is 16.5. The summed E-state index contributed by atoms with van der Waals surface area (Å²) in [6.45, 7) is 0. The predicted octanol–water partition coefficient (Wildman–Crippen LogP) is 15.6. The fourth-order valence-electron chi connectivity index (χ4n) is 12.0. The zero-order valence-electron chi connectivity index (χ0n) is 35.0. The first-order valence-corrected chi connectivity index (χ1v) is 22.6. The molecular formula is C61H41NO2. The zero-order valence-corrected chi connectivity index (χ0v) is 35.0. The largest absolute Gasteiger partial charge is 0.460 e. The van der Waals surface area contributed by atoms with Gasteiger partial charge in [0, 0.05) is 39.2 Å². The van der Waals surface area contributed by atoms with Crippen LogP contribution >= 0.6 is 0 Å². The highest BCUT2D eigenvalue weighted by Crippen LogP contribution is 2.63. The highest BCUT2D eigenvalue weighted by Gasteiger charge is 2.52. The van der Waals surface area contributed by atoms with Crippen molar-refractivity contribution in [2.75, 3.05) is 4.90 Å². The average molecular weight is 820 g/mol. The van der Waals surface area contributed by atoms with E-state index in [2.05, 4.69) is 211 Å². The molecule has 3 aliphatic carbocycles. The molecule has 0 radical (unpaired) electrons. The van der Waals surface area contributed by atoms with E-state index in [4.69, 9.17) is 9.15 Å². The monoisotopic (exact) mass is 819 g/mol. The van der Waals surface area contributed by atoms with E-state index in [1.165, 1.54) is 66.9 Å². The maximum Gasteiger partial charge on any atom is 0.139 e. The van der Waals surface area contributed by atoms with E-state index in [0.29, 0.717) is 0 Å². The van der Waals surface area contributed by atoms with E-state index < -0.39 is 5.41 Å². The van der Waals surface area contributed by atoms with Crippen LogP contribution in [0.1, 0.15) is 46.6 Å². The van der Waals surface area contributed by atoms with Crippen molar-refractivity contribution in [1.82, 2.24) is 0 Å². The Kier molecular flexibility index (Phi) is 7.56. The van der Waals surface area contributed by atoms with Crippen molar-refractivity contribution in [2.45, 2.75) is 30.2 Å². The minimum Gasteiger partial charge on any atom is -0.460 e. The molecule has 2 atom stereocenters. The van der Waals surface area contributed by atoms with Gasteiger partial charge in [0.2, 0.25) is 0 Å². The number of hydrogen-bond donors (Lipinski definition) is 0. The Morgan fingerprint density at radius 2 is 1.05 bits per heavy atom. The molecule has 2 unspecified atom stereocenters. The van der Waals surface area contributed by atoms with Gasteiger partial charge in [-0.2, -0.15) is 0 Å². The van der Waals surface area contributed by atoms with Crippen LogP contribution in [-0.2, 0) is 5.41 Å². The second-order valence-corrected chi connectivity index (χ2v) is 17.8. The number of benzene rings is 9. The lowest BCUT2D eigenvalue weighted by Crippen LogP contribution is -2.33. The quantitative estimate of drug-likeness (QED) is 0.173. The Bertz CT molecular complexity index is 3500. The molecule has 1 spiro atoms. The summed E-state index contributed by atoms with van der Waals surface area (Å²) < 4.78 is 13.8. The highest BCUT2D eigenvalue weighted by molar-refractivity contribution is 6.14. The number of allylic oxidation sites excluding steroid dienone is 1. The third kappa shape index (κ3) is 4.92. The number of anilines is 2. The first kappa shape index (κ1) is 35.7. The number of furan rings is 1. The molecule has 0 saturated heterocycles. The average Bonchev–Trinajstić information content (AvgIpc) is 4.09. The molecule has 1 aromatic heterocycles. The van der Waals surface area contributed by atoms with Gasteiger partial charge in [-0.05, 0) is 117 Å². The third-order valence-corrected chi connectivity index (χ3v) is 14.6. The number of nitrogens with zero attached hydrogens (tertiary/aromatic N) is 1. The number of hydrogen-bond acceptors (Lipinski definition) is 3. The molecule has 14 rings (SSSR count). The zero-order chi connectivity index (χ0) is 41.9. The predicted molar refractivity (Wildman–Crippen MR) is 260 cm³/mol. The smallest absolute Gasteiger partial charge is 0.139 e. The minimum absolute atomic E-state index is 0.0245. The SMILES string of the molecule is C1=C2Oc3c(cc4oc5ccccc5c4c3-c3ccccc3)C2CCC1N(c1cccc(-c2ccccc2)c1)c1ccc2c(c1)C1(c3ccccc3-c3ccccc31)c1ccccc1-2. The topological polar surface area (TPSA) is 25.6 Å². The van der Waals surface area contributed by atoms with Gasteiger partial charge in [-0.3, -0.25) is 0 Å². The van der Waals surface area contributed by atoms with Crippen LogP contribution in [0.3, 0.4) is 0 Å². The van der Waals surface area contributed by atoms with Crippen molar-refractivity contribution in [3.8, 4) is 50.3 Å². The van der Waals surface area contributed by atoms with Crippen LogP contribution in [-0.4, -0.2) is 6.04 Å². The standard InChI is InChI=1S/C61H41NO2/c1-3-16-38(17-4-1)40-20-15-21-41(34-40)62(42-30-32-47-46-24-9-13-28-53(46)61(54(47)35-42)51-26-11-7-22-44(51)45-23-8-12-27-52(45)61)43-31-33-48-50-37-57-59(49-25-10-14-29-55(49)63-57)58(39-18-5-2-6-19-39)60(50)64-56(48)36-43/h1-30,32,34-37,43,48H,31,33H2. The van der Waals surface area contributed by atoms with Gasteiger partial charge in [-0.1, -0.05) is 170 Å². The normalized spacial score (nSPS) is 17.0. The van der Waals surface area contributed by atoms with E-state index in [1.54, 1.807) is 0 Å². The summed E-state index contributed by atoms with van der Waals surface area (Å²) in [4.78, 5) is 2.59. The van der Waals surface area contributed by atoms with Crippen molar-refractivity contribution >= 4 is 33.3 Å². The Labute approximate surface area is 372 Å². The van der Waals surface area contributed by atoms with E-state index in [-0.39, 0.29) is 12.0 Å². The Balaban J connectivity index is 0.963. The first-order valence-electron chi connectivity index (χ1n) is 22.6. The molecule has 0 saturated carbocycles. The van der Waals surface area contributed by atoms with Crippen LogP contribution in [0.2, 0.25) is 0 Å². The van der Waals surface area contributed by atoms with Crippen LogP contribution in [0.25, 0.3) is 66.4 Å². The second-order valence-electron chi connectivity index (χ2n) is 17.8. The van der Waals surface area contributed by atoms with Gasteiger partial charge >= 0.3 is 0 Å². The first-order chi connectivity index (χ1) is 31.7. The van der Waals surface area contributed by atoms with Crippen LogP contribution in [0.15, 0.2) is 223 Å². The summed E-state index contributed by atoms with van der Waals surface area (Å²) in [5.74, 6) is 2.11. The van der Waals surface area contributed by atoms with Crippen molar-refractivity contribution in [3.63, 3.8) is 0 Å². The molecular weight excluding hydrogens is 779 g/mol. The van der Waals surface area contributed by atoms with E-state index in [1.807, 2.05) is 6.07 Å². The van der Waals surface area contributed by atoms with Crippen LogP contribution < -0.4 is 9.64 Å². The molecule has 0 N–H and O–H groups in total. The lowest BCUT2D eigenvalue weighted by molar-refractivity contribution is 0.395. The van der Waals surface area contributed by atoms with Gasteiger partial charge in [0.1, 0.15) is 22.7 Å². The fraction of sp³-hybridized carbons (Fsp3) is 0.0820. The molecule has 1 aliphatic heterocycles. The van der Waals surface area contributed by atoms with Crippen molar-refractivity contribution in [2.24, 2.45) is 0 Å². The van der Waals surface area contributed by atoms with Crippen molar-refractivity contribution in [1.29, 1.82) is 0 Å². The summed E-state index contributed by atoms with van der Waals surface area (Å²) >= 11 is 0. The van der Waals surface area contributed by atoms with E-state index in [9.17, 15) is 0 Å². The summed E-state index contributed by atoms with van der Waals surface area (Å²) in [6.07, 6.45) is 4.31. The van der Waals surface area contributed by atoms with Crippen molar-refractivity contribution in [3.05, 3.63) is 246 Å². The van der Waals surface area contributed by atoms with Crippen LogP contribution in [0, 0.1) is 0 Å². The van der Waals surface area contributed by atoms with E-state index in [0.717, 1.165) is 63.1 Å². The molecule has 64 heavy (non-hydrogen) atoms. The van der Waals surface area contributed by atoms with Gasteiger partial charge in [0.25, 0.3) is 0 Å². The van der Waals surface area contributed by atoms with Crippen molar-refractivity contribution < 1.29 is 9.15 Å². The van der Waals surface area contributed by atoms with Crippen LogP contribution in [0.5, 0.6) is 5.75 Å². The molecule has 0 amide bonds. The molecule has 3 heteroatoms. The summed E-state index contributed by atoms with van der Waals surface area (Å²) in [6, 6.07) is 75.7. The van der Waals surface area contributed by atoms with Gasteiger partial charge < -0.3 is 14.1 Å². The molecule has 3 nitrogen and oxygen atoms in total. The molecule has 9 aromatic carbocycles. The lowest BCUT2D eigenvalue weighted by atomic mass is 9.70. The molecule has 10 aromatic rings. The lowest BCUT2D eigenvalue weighted by Gasteiger charge is -2.37. The molecule has 302 valence electrons. The number of para-hydroxylation sites is 1. The Morgan fingerprint density at radius 1 is 0.453 bits per heavy atom. The molecule has 2 heterocycles. The number of rotatable bonds is 5. The van der Waals surface area contributed by atoms with Gasteiger partial charge in [0.15, 0.2) is 0 Å². The summed E-state index contributed by atoms with van der Waals surface area (Å²) in [5, 5.41) is 2.22. The Hall–Kier alpha value is -7.88. The van der Waals surface area contributed by atoms with Gasteiger partial charge in [0.05, 0.1) is 11.5 Å². The Morgan fingerprint density at radius 3 is 1.77 bits per heavy atom. The molecule has 0 bridgehead atoms. The maximum absolute atomic E-state index is 7.23. The summed E-state index contributed by atoms with van der Waals surface area (Å²) in [5.41, 5.74) is 20.2. The maximum atomic E-state index is 7.23. The molecule has 4 aliphatic rings. The minimum atomic E-state index is -0.437. The fourth-order valence-corrected chi connectivity index (χ4v) is 12.0. The second kappa shape index (κ2) is 13.6. The van der Waals surface area contributed by atoms with Gasteiger partial charge in [-0.15, -0.1) is 0 Å². The third-order valence-electron chi connectivity index (χ3n) is 14.6.